The predicted octanol–water partition coefficient (Wildman–Crippen LogP) is 4.75. The summed E-state index contributed by atoms with van der Waals surface area (Å²) >= 11 is 5.85. The van der Waals surface area contributed by atoms with E-state index in [9.17, 15) is 14.9 Å². The lowest BCUT2D eigenvalue weighted by atomic mass is 10.2. The molecule has 0 saturated carbocycles. The summed E-state index contributed by atoms with van der Waals surface area (Å²) in [5.41, 5.74) is 1.17. The molecule has 0 radical (unpaired) electrons. The predicted molar refractivity (Wildman–Crippen MR) is 113 cm³/mol. The molecule has 9 nitrogen and oxygen atoms in total. The van der Waals surface area contributed by atoms with Crippen LogP contribution in [0.25, 0.3) is 21.7 Å². The molecule has 146 valence electrons. The van der Waals surface area contributed by atoms with Crippen LogP contribution in [0.15, 0.2) is 56.6 Å². The fourth-order valence-electron chi connectivity index (χ4n) is 2.37. The van der Waals surface area contributed by atoms with Gasteiger partial charge in [0.1, 0.15) is 0 Å². The number of halogens is 1. The van der Waals surface area contributed by atoms with Crippen molar-refractivity contribution in [1.82, 2.24) is 15.2 Å². The van der Waals surface area contributed by atoms with Gasteiger partial charge in [0, 0.05) is 22.2 Å². The van der Waals surface area contributed by atoms with Gasteiger partial charge in [-0.05, 0) is 24.3 Å². The van der Waals surface area contributed by atoms with Crippen LogP contribution >= 0.6 is 39.0 Å². The van der Waals surface area contributed by atoms with Crippen LogP contribution in [0.1, 0.15) is 0 Å². The summed E-state index contributed by atoms with van der Waals surface area (Å²) in [4.78, 5) is 26.9. The molecule has 0 atom stereocenters. The Hall–Kier alpha value is -2.83. The summed E-state index contributed by atoms with van der Waals surface area (Å²) in [5, 5.41) is 22.1. The average Bonchev–Trinajstić information content (AvgIpc) is 3.32. The van der Waals surface area contributed by atoms with Crippen molar-refractivity contribution in [3.05, 3.63) is 57.1 Å². The van der Waals surface area contributed by atoms with E-state index in [1.54, 1.807) is 6.07 Å². The Morgan fingerprint density at radius 1 is 1.28 bits per heavy atom. The molecule has 0 bridgehead atoms. The second-order valence-corrected chi connectivity index (χ2v) is 8.52. The number of hydrogen-bond donors (Lipinski definition) is 1. The van der Waals surface area contributed by atoms with Crippen LogP contribution < -0.4 is 5.32 Å². The third-order valence-corrected chi connectivity index (χ3v) is 5.88. The van der Waals surface area contributed by atoms with Crippen molar-refractivity contribution < 1.29 is 14.1 Å². The monoisotopic (exact) mass is 491 g/mol. The van der Waals surface area contributed by atoms with Gasteiger partial charge in [-0.2, -0.15) is 0 Å². The molecule has 4 aromatic rings. The third kappa shape index (κ3) is 4.60. The molecule has 0 saturated heterocycles. The van der Waals surface area contributed by atoms with E-state index in [1.807, 2.05) is 18.2 Å². The van der Waals surface area contributed by atoms with E-state index in [-0.39, 0.29) is 28.5 Å². The van der Waals surface area contributed by atoms with E-state index in [1.165, 1.54) is 29.5 Å². The van der Waals surface area contributed by atoms with Gasteiger partial charge in [-0.25, -0.2) is 4.98 Å². The number of amides is 1. The number of benzene rings is 2. The lowest BCUT2D eigenvalue weighted by molar-refractivity contribution is -0.384. The Bertz CT molecular complexity index is 1230. The number of nitro benzene ring substituents is 1. The van der Waals surface area contributed by atoms with Crippen LogP contribution in [-0.4, -0.2) is 31.8 Å². The molecule has 12 heteroatoms. The lowest BCUT2D eigenvalue weighted by Gasteiger charge is -1.98. The van der Waals surface area contributed by atoms with Gasteiger partial charge in [0.25, 0.3) is 10.9 Å². The quantitative estimate of drug-likeness (QED) is 0.232. The molecule has 1 N–H and O–H groups in total. The maximum Gasteiger partial charge on any atom is 0.277 e. The molecule has 0 spiro atoms. The van der Waals surface area contributed by atoms with Gasteiger partial charge < -0.3 is 9.73 Å². The number of non-ortho nitro benzene ring substituents is 1. The summed E-state index contributed by atoms with van der Waals surface area (Å²) in [6.45, 7) is 0. The maximum atomic E-state index is 12.2. The Morgan fingerprint density at radius 3 is 2.97 bits per heavy atom. The first-order chi connectivity index (χ1) is 14.0. The van der Waals surface area contributed by atoms with Crippen molar-refractivity contribution in [1.29, 1.82) is 0 Å². The van der Waals surface area contributed by atoms with Crippen LogP contribution in [0.5, 0.6) is 0 Å². The first kappa shape index (κ1) is 19.5. The van der Waals surface area contributed by atoms with E-state index >= 15 is 0 Å². The van der Waals surface area contributed by atoms with Gasteiger partial charge in [0.05, 0.1) is 20.9 Å². The highest BCUT2D eigenvalue weighted by Gasteiger charge is 2.15. The van der Waals surface area contributed by atoms with Crippen LogP contribution in [0.3, 0.4) is 0 Å². The number of carbonyl (C=O) groups excluding carboxylic acids is 1. The molecule has 0 fully saturated rings. The molecule has 4 rings (SSSR count). The van der Waals surface area contributed by atoms with Gasteiger partial charge in [0.2, 0.25) is 11.8 Å². The Labute approximate surface area is 179 Å². The number of nitrogens with one attached hydrogen (secondary N) is 1. The van der Waals surface area contributed by atoms with E-state index in [0.717, 1.165) is 26.5 Å². The fourth-order valence-corrected chi connectivity index (χ4v) is 4.37. The van der Waals surface area contributed by atoms with Gasteiger partial charge in [0.15, 0.2) is 5.13 Å². The molecule has 2 aromatic heterocycles. The Morgan fingerprint density at radius 2 is 2.14 bits per heavy atom. The number of rotatable bonds is 6. The Balaban J connectivity index is 1.38. The van der Waals surface area contributed by atoms with Gasteiger partial charge in [-0.3, -0.25) is 14.9 Å². The highest BCUT2D eigenvalue weighted by molar-refractivity contribution is 9.10. The van der Waals surface area contributed by atoms with Crippen LogP contribution in [0.2, 0.25) is 0 Å². The molecule has 0 aliphatic carbocycles. The van der Waals surface area contributed by atoms with E-state index in [2.05, 4.69) is 36.4 Å². The zero-order valence-corrected chi connectivity index (χ0v) is 17.6. The van der Waals surface area contributed by atoms with E-state index in [4.69, 9.17) is 4.42 Å². The normalized spacial score (nSPS) is 10.9. The summed E-state index contributed by atoms with van der Waals surface area (Å²) in [7, 11) is 0. The highest BCUT2D eigenvalue weighted by atomic mass is 79.9. The Kier molecular flexibility index (Phi) is 5.56. The average molecular weight is 492 g/mol. The summed E-state index contributed by atoms with van der Waals surface area (Å²) in [6, 6.07) is 11.6. The maximum absolute atomic E-state index is 12.2. The highest BCUT2D eigenvalue weighted by Crippen LogP contribution is 2.29. The molecule has 0 aliphatic heterocycles. The van der Waals surface area contributed by atoms with Crippen LogP contribution in [-0.2, 0) is 4.79 Å². The lowest BCUT2D eigenvalue weighted by Crippen LogP contribution is -2.13. The van der Waals surface area contributed by atoms with Gasteiger partial charge in [-0.1, -0.05) is 45.1 Å². The number of carbonyl (C=O) groups is 1. The van der Waals surface area contributed by atoms with E-state index < -0.39 is 4.92 Å². The van der Waals surface area contributed by atoms with Crippen molar-refractivity contribution in [3.63, 3.8) is 0 Å². The molecule has 1 amide bonds. The first-order valence-electron chi connectivity index (χ1n) is 8.05. The largest absolute Gasteiger partial charge is 0.411 e. The summed E-state index contributed by atoms with van der Waals surface area (Å²) in [6.07, 6.45) is 0. The number of thiazole rings is 1. The zero-order chi connectivity index (χ0) is 20.4. The molecule has 0 aliphatic rings. The second-order valence-electron chi connectivity index (χ2n) is 5.65. The zero-order valence-electron chi connectivity index (χ0n) is 14.4. The van der Waals surface area contributed by atoms with Crippen molar-refractivity contribution in [2.45, 2.75) is 5.22 Å². The number of nitro groups is 1. The number of anilines is 1. The molecular weight excluding hydrogens is 482 g/mol. The molecular formula is C17H10BrN5O4S2. The van der Waals surface area contributed by atoms with Gasteiger partial charge >= 0.3 is 0 Å². The smallest absolute Gasteiger partial charge is 0.277 e. The van der Waals surface area contributed by atoms with Crippen molar-refractivity contribution in [2.24, 2.45) is 0 Å². The number of nitrogens with zero attached hydrogens (tertiary/aromatic N) is 4. The molecule has 29 heavy (non-hydrogen) atoms. The second kappa shape index (κ2) is 8.27. The van der Waals surface area contributed by atoms with Crippen molar-refractivity contribution in [3.8, 4) is 11.5 Å². The van der Waals surface area contributed by atoms with Gasteiger partial charge in [-0.15, -0.1) is 10.2 Å². The summed E-state index contributed by atoms with van der Waals surface area (Å²) < 4.78 is 7.39. The van der Waals surface area contributed by atoms with Crippen molar-refractivity contribution >= 4 is 66.0 Å². The molecule has 2 heterocycles. The van der Waals surface area contributed by atoms with E-state index in [0.29, 0.717) is 10.7 Å². The third-order valence-electron chi connectivity index (χ3n) is 3.63. The first-order valence-corrected chi connectivity index (χ1v) is 10.6. The topological polar surface area (TPSA) is 124 Å². The molecule has 2 aromatic carbocycles. The van der Waals surface area contributed by atoms with Crippen LogP contribution in [0.4, 0.5) is 10.8 Å². The minimum Gasteiger partial charge on any atom is -0.411 e. The fraction of sp³-hybridized carbons (Fsp3) is 0.0588. The molecule has 0 unspecified atom stereocenters. The number of thioether (sulfide) groups is 1. The summed E-state index contributed by atoms with van der Waals surface area (Å²) in [5.74, 6) is -0.0625. The standard InChI is InChI=1S/C17H10BrN5O4S2/c18-10-4-5-12-13(7-10)29-16(19-12)20-14(24)8-28-17-22-21-15(27-17)9-2-1-3-11(6-9)23(25)26/h1-7H,8H2,(H,19,20,24). The van der Waals surface area contributed by atoms with Crippen LogP contribution in [0, 0.1) is 10.1 Å². The number of aromatic nitrogens is 3. The van der Waals surface area contributed by atoms with Crippen molar-refractivity contribution in [2.75, 3.05) is 11.1 Å². The number of hydrogen-bond acceptors (Lipinski definition) is 9. The number of fused-ring (bicyclic) bond motifs is 1. The minimum absolute atomic E-state index is 0.0518. The minimum atomic E-state index is -0.499. The SMILES string of the molecule is O=C(CSc1nnc(-c2cccc([N+](=O)[O-])c2)o1)Nc1nc2ccc(Br)cc2s1.